The number of fused-ring (bicyclic) bond motifs is 1. The number of allylic oxidation sites excluding steroid dienone is 4. The van der Waals surface area contributed by atoms with Crippen LogP contribution in [-0.4, -0.2) is 42.4 Å². The average Bonchev–Trinajstić information content (AvgIpc) is 2.80. The second kappa shape index (κ2) is 15.2. The number of cyclic esters (lactones) is 1. The molecule has 0 spiro atoms. The monoisotopic (exact) mass is 455 g/mol. The summed E-state index contributed by atoms with van der Waals surface area (Å²) in [6.45, 7) is 2.03. The van der Waals surface area contributed by atoms with Crippen molar-refractivity contribution in [2.75, 3.05) is 7.11 Å². The number of carbonyl (C=O) groups excluding carboxylic acids is 2. The summed E-state index contributed by atoms with van der Waals surface area (Å²) in [5.41, 5.74) is 1.53. The van der Waals surface area contributed by atoms with E-state index in [4.69, 9.17) is 9.47 Å². The molecular weight excluding hydrogens is 418 g/mol. The maximum absolute atomic E-state index is 12.9. The second-order valence-corrected chi connectivity index (χ2v) is 8.24. The van der Waals surface area contributed by atoms with Crippen LogP contribution in [0.3, 0.4) is 0 Å². The molecule has 1 heterocycles. The molecule has 2 rings (SSSR count). The maximum Gasteiger partial charge on any atom is 0.338 e. The van der Waals surface area contributed by atoms with Crippen LogP contribution < -0.4 is 5.32 Å². The Bertz CT molecular complexity index is 830. The van der Waals surface area contributed by atoms with Crippen LogP contribution in [0.4, 0.5) is 0 Å². The van der Waals surface area contributed by atoms with E-state index in [2.05, 4.69) is 5.32 Å². The number of aryl methyl sites for hydroxylation is 1. The molecule has 6 nitrogen and oxygen atoms in total. The van der Waals surface area contributed by atoms with Gasteiger partial charge in [-0.1, -0.05) is 49.4 Å². The number of amides is 1. The standard InChI is InChI=1S/C27H37NO5/c1-3-4-5-6-17-26(30)28-18-10-9-15-23-20-24(32-2)19-22(29)14-11-13-21-12-7-8-16-25(21)27(31)33-23/h4-8,10,12,16-18,22-24,29H,3,9,11,13-15,19-20H2,1-2H3,(H,28,30)/b5-4-,17-6-,18-10+. The summed E-state index contributed by atoms with van der Waals surface area (Å²) >= 11 is 0. The second-order valence-electron chi connectivity index (χ2n) is 8.24. The molecule has 1 aromatic carbocycles. The Kier molecular flexibility index (Phi) is 12.2. The molecule has 0 aromatic heterocycles. The van der Waals surface area contributed by atoms with Crippen LogP contribution in [0.5, 0.6) is 0 Å². The van der Waals surface area contributed by atoms with Crippen LogP contribution in [0.15, 0.2) is 60.8 Å². The zero-order valence-electron chi connectivity index (χ0n) is 19.7. The highest BCUT2D eigenvalue weighted by atomic mass is 16.5. The van der Waals surface area contributed by atoms with Gasteiger partial charge in [-0.2, -0.15) is 0 Å². The molecule has 2 N–H and O–H groups in total. The van der Waals surface area contributed by atoms with Gasteiger partial charge >= 0.3 is 5.97 Å². The molecule has 0 saturated carbocycles. The molecule has 180 valence electrons. The van der Waals surface area contributed by atoms with Crippen LogP contribution >= 0.6 is 0 Å². The number of rotatable bonds is 8. The quantitative estimate of drug-likeness (QED) is 0.339. The summed E-state index contributed by atoms with van der Waals surface area (Å²) < 4.78 is 11.5. The maximum atomic E-state index is 12.9. The first kappa shape index (κ1) is 26.6. The Balaban J connectivity index is 2.00. The molecule has 0 saturated heterocycles. The summed E-state index contributed by atoms with van der Waals surface area (Å²) in [6, 6.07) is 7.50. The van der Waals surface area contributed by atoms with Crippen molar-refractivity contribution in [3.8, 4) is 0 Å². The molecule has 6 heteroatoms. The Labute approximate surface area is 197 Å². The molecule has 0 radical (unpaired) electrons. The minimum atomic E-state index is -0.451. The fourth-order valence-electron chi connectivity index (χ4n) is 3.82. The van der Waals surface area contributed by atoms with Gasteiger partial charge in [0.1, 0.15) is 6.10 Å². The molecule has 3 unspecified atom stereocenters. The smallest absolute Gasteiger partial charge is 0.338 e. The third-order valence-corrected chi connectivity index (χ3v) is 5.62. The number of ether oxygens (including phenoxy) is 2. The predicted molar refractivity (Wildman–Crippen MR) is 130 cm³/mol. The highest BCUT2D eigenvalue weighted by Gasteiger charge is 2.24. The average molecular weight is 456 g/mol. The third-order valence-electron chi connectivity index (χ3n) is 5.62. The molecule has 0 bridgehead atoms. The van der Waals surface area contributed by atoms with Gasteiger partial charge in [0, 0.05) is 25.8 Å². The Morgan fingerprint density at radius 3 is 2.85 bits per heavy atom. The number of carbonyl (C=O) groups is 2. The van der Waals surface area contributed by atoms with Crippen molar-refractivity contribution < 1.29 is 24.2 Å². The van der Waals surface area contributed by atoms with E-state index < -0.39 is 6.10 Å². The van der Waals surface area contributed by atoms with E-state index in [0.717, 1.165) is 24.8 Å². The van der Waals surface area contributed by atoms with Gasteiger partial charge in [0.2, 0.25) is 5.91 Å². The van der Waals surface area contributed by atoms with Crippen molar-refractivity contribution >= 4 is 11.9 Å². The molecule has 0 fully saturated rings. The number of esters is 1. The molecule has 1 amide bonds. The fourth-order valence-corrected chi connectivity index (χ4v) is 3.82. The van der Waals surface area contributed by atoms with Gasteiger partial charge in [-0.05, 0) is 56.6 Å². The number of aliphatic hydroxyl groups is 1. The first-order valence-corrected chi connectivity index (χ1v) is 11.8. The minimum Gasteiger partial charge on any atom is -0.459 e. The number of aliphatic hydroxyl groups excluding tert-OH is 1. The topological polar surface area (TPSA) is 84.9 Å². The zero-order chi connectivity index (χ0) is 23.9. The number of methoxy groups -OCH3 is 1. The lowest BCUT2D eigenvalue weighted by atomic mass is 9.96. The number of hydrogen-bond donors (Lipinski definition) is 2. The van der Waals surface area contributed by atoms with E-state index in [9.17, 15) is 14.7 Å². The van der Waals surface area contributed by atoms with Crippen molar-refractivity contribution in [1.29, 1.82) is 0 Å². The van der Waals surface area contributed by atoms with E-state index in [1.54, 1.807) is 25.5 Å². The van der Waals surface area contributed by atoms with E-state index in [1.807, 2.05) is 43.4 Å². The van der Waals surface area contributed by atoms with Gasteiger partial charge < -0.3 is 19.9 Å². The highest BCUT2D eigenvalue weighted by molar-refractivity contribution is 5.91. The summed E-state index contributed by atoms with van der Waals surface area (Å²) in [6.07, 6.45) is 14.8. The first-order valence-electron chi connectivity index (χ1n) is 11.8. The molecule has 33 heavy (non-hydrogen) atoms. The molecular formula is C27H37NO5. The van der Waals surface area contributed by atoms with Crippen molar-refractivity contribution in [3.63, 3.8) is 0 Å². The van der Waals surface area contributed by atoms with Crippen LogP contribution in [0, 0.1) is 0 Å². The van der Waals surface area contributed by atoms with E-state index in [1.165, 1.54) is 6.08 Å². The SMILES string of the molecule is CC/C=C\C=C/C(=O)N/C=C/CCC1CC(OC)CC(O)CCCc2ccccc2C(=O)O1. The third kappa shape index (κ3) is 10.2. The highest BCUT2D eigenvalue weighted by Crippen LogP contribution is 2.22. The first-order chi connectivity index (χ1) is 16.0. The molecule has 1 aromatic rings. The van der Waals surface area contributed by atoms with Gasteiger partial charge in [0.15, 0.2) is 0 Å². The lowest BCUT2D eigenvalue weighted by Crippen LogP contribution is -2.29. The Morgan fingerprint density at radius 1 is 1.24 bits per heavy atom. The van der Waals surface area contributed by atoms with E-state index in [0.29, 0.717) is 37.7 Å². The molecule has 0 aliphatic carbocycles. The Hall–Kier alpha value is -2.70. The Morgan fingerprint density at radius 2 is 2.06 bits per heavy atom. The van der Waals surface area contributed by atoms with Crippen LogP contribution in [-0.2, 0) is 20.7 Å². The minimum absolute atomic E-state index is 0.197. The van der Waals surface area contributed by atoms with E-state index in [-0.39, 0.29) is 24.1 Å². The van der Waals surface area contributed by atoms with Crippen LogP contribution in [0.1, 0.15) is 67.8 Å². The predicted octanol–water partition coefficient (Wildman–Crippen LogP) is 4.64. The van der Waals surface area contributed by atoms with Crippen molar-refractivity contribution in [2.24, 2.45) is 0 Å². The van der Waals surface area contributed by atoms with Gasteiger partial charge in [-0.15, -0.1) is 0 Å². The summed E-state index contributed by atoms with van der Waals surface area (Å²) in [5, 5.41) is 13.1. The van der Waals surface area contributed by atoms with Crippen LogP contribution in [0.25, 0.3) is 0 Å². The summed E-state index contributed by atoms with van der Waals surface area (Å²) in [4.78, 5) is 24.7. The number of benzene rings is 1. The van der Waals surface area contributed by atoms with Crippen molar-refractivity contribution in [1.82, 2.24) is 5.32 Å². The number of nitrogens with one attached hydrogen (secondary N) is 1. The van der Waals surface area contributed by atoms with Gasteiger partial charge in [0.25, 0.3) is 0 Å². The van der Waals surface area contributed by atoms with Gasteiger partial charge in [-0.25, -0.2) is 4.79 Å². The van der Waals surface area contributed by atoms with Crippen molar-refractivity contribution in [3.05, 3.63) is 72.0 Å². The normalized spacial score (nSPS) is 22.6. The lowest BCUT2D eigenvalue weighted by molar-refractivity contribution is -0.115. The molecule has 1 aliphatic rings. The van der Waals surface area contributed by atoms with Gasteiger partial charge in [0.05, 0.1) is 17.8 Å². The lowest BCUT2D eigenvalue weighted by Gasteiger charge is -2.26. The zero-order valence-corrected chi connectivity index (χ0v) is 19.7. The summed E-state index contributed by atoms with van der Waals surface area (Å²) in [7, 11) is 1.62. The molecule has 1 aliphatic heterocycles. The number of hydrogen-bond acceptors (Lipinski definition) is 5. The van der Waals surface area contributed by atoms with Crippen molar-refractivity contribution in [2.45, 2.75) is 76.6 Å². The van der Waals surface area contributed by atoms with Crippen LogP contribution in [0.2, 0.25) is 0 Å². The molecule has 3 atom stereocenters. The summed E-state index contributed by atoms with van der Waals surface area (Å²) in [5.74, 6) is -0.524. The van der Waals surface area contributed by atoms with Gasteiger partial charge in [-0.3, -0.25) is 4.79 Å². The van der Waals surface area contributed by atoms with E-state index >= 15 is 0 Å². The largest absolute Gasteiger partial charge is 0.459 e. The fraction of sp³-hybridized carbons (Fsp3) is 0.481.